The zero-order valence-electron chi connectivity index (χ0n) is 33.2. The number of hydrogen-bond donors (Lipinski definition) is 0. The van der Waals surface area contributed by atoms with E-state index in [2.05, 4.69) is 147 Å². The molecule has 4 rings (SSSR count). The van der Waals surface area contributed by atoms with Gasteiger partial charge in [0.1, 0.15) is 16.9 Å². The summed E-state index contributed by atoms with van der Waals surface area (Å²) in [7, 11) is 0.0512. The Labute approximate surface area is 292 Å². The molecule has 3 aromatic carbocycles. The van der Waals surface area contributed by atoms with E-state index in [0.717, 1.165) is 40.5 Å². The van der Waals surface area contributed by atoms with Gasteiger partial charge in [-0.25, -0.2) is 0 Å². The fourth-order valence-electron chi connectivity index (χ4n) is 6.29. The van der Waals surface area contributed by atoms with Crippen LogP contribution in [0.15, 0.2) is 44.8 Å². The number of hydrogen-bond acceptors (Lipinski definition) is 4. The summed E-state index contributed by atoms with van der Waals surface area (Å²) in [6, 6.07) is 13.9. The number of methoxy groups -OCH3 is 1. The molecule has 5 heteroatoms. The molecular formula is C43H63O4P. The van der Waals surface area contributed by atoms with Crippen LogP contribution in [0, 0.1) is 6.92 Å². The molecule has 0 saturated carbocycles. The Morgan fingerprint density at radius 3 is 1.38 bits per heavy atom. The van der Waals surface area contributed by atoms with E-state index in [0.29, 0.717) is 6.61 Å². The minimum atomic E-state index is -1.71. The molecule has 4 aromatic rings. The van der Waals surface area contributed by atoms with Gasteiger partial charge in [-0.1, -0.05) is 128 Å². The summed E-state index contributed by atoms with van der Waals surface area (Å²) >= 11 is 0. The lowest BCUT2D eigenvalue weighted by Gasteiger charge is -2.27. The van der Waals surface area contributed by atoms with Gasteiger partial charge in [-0.3, -0.25) is 4.52 Å². The summed E-state index contributed by atoms with van der Waals surface area (Å²) in [5.74, 6) is 0.983. The molecule has 0 unspecified atom stereocenters. The van der Waals surface area contributed by atoms with Crippen LogP contribution < -0.4 is 9.26 Å². The van der Waals surface area contributed by atoms with Crippen LogP contribution in [0.3, 0.4) is 0 Å². The first-order chi connectivity index (χ1) is 21.8. The molecule has 0 bridgehead atoms. The average molecular weight is 675 g/mol. The summed E-state index contributed by atoms with van der Waals surface area (Å²) in [6.45, 7) is 36.7. The van der Waals surface area contributed by atoms with Gasteiger partial charge in [0.05, 0.1) is 13.7 Å². The monoisotopic (exact) mass is 674 g/mol. The molecule has 4 nitrogen and oxygen atoms in total. The molecular weight excluding hydrogens is 611 g/mol. The van der Waals surface area contributed by atoms with Crippen molar-refractivity contribution in [1.82, 2.24) is 0 Å². The number of rotatable bonds is 6. The minimum Gasteiger partial charge on any atom is -0.496 e. The molecule has 1 aromatic heterocycles. The lowest BCUT2D eigenvalue weighted by Crippen LogP contribution is -2.17. The Morgan fingerprint density at radius 2 is 1.00 bits per heavy atom. The summed E-state index contributed by atoms with van der Waals surface area (Å²) in [5.41, 5.74) is 10.0. The molecule has 0 N–H and O–H groups in total. The van der Waals surface area contributed by atoms with E-state index in [-0.39, 0.29) is 27.1 Å². The molecule has 264 valence electrons. The Kier molecular flexibility index (Phi) is 10.5. The summed E-state index contributed by atoms with van der Waals surface area (Å²) in [5, 5.41) is 2.19. The first-order valence-electron chi connectivity index (χ1n) is 17.7. The van der Waals surface area contributed by atoms with Crippen LogP contribution in [-0.2, 0) is 33.5 Å². The molecule has 0 spiro atoms. The smallest absolute Gasteiger partial charge is 0.387 e. The molecule has 0 aliphatic rings. The largest absolute Gasteiger partial charge is 0.496 e. The fourth-order valence-corrected chi connectivity index (χ4v) is 7.40. The maximum absolute atomic E-state index is 6.93. The van der Waals surface area contributed by atoms with Gasteiger partial charge in [-0.05, 0) is 81.2 Å². The van der Waals surface area contributed by atoms with Gasteiger partial charge in [0.15, 0.2) is 0 Å². The van der Waals surface area contributed by atoms with Gasteiger partial charge >= 0.3 is 8.24 Å². The van der Waals surface area contributed by atoms with Gasteiger partial charge in [0.2, 0.25) is 0 Å². The third kappa shape index (κ3) is 8.36. The van der Waals surface area contributed by atoms with Crippen molar-refractivity contribution in [3.05, 3.63) is 75.3 Å². The van der Waals surface area contributed by atoms with Crippen LogP contribution >= 0.6 is 8.24 Å². The van der Waals surface area contributed by atoms with E-state index < -0.39 is 8.24 Å². The average Bonchev–Trinajstić information content (AvgIpc) is 3.07. The first-order valence-corrected chi connectivity index (χ1v) is 18.8. The van der Waals surface area contributed by atoms with E-state index in [1.807, 2.05) is 0 Å². The van der Waals surface area contributed by atoms with Crippen LogP contribution in [0.1, 0.15) is 149 Å². The SMILES string of the molecule is COc1c(C)cc(CCCOp2oc3c(C(C)(C)C)cc(C(C)(C)C)cc3c3cc(C(C)(C)C)cc(C(C)(C)C)c3o2)cc1C(C)(C)C. The van der Waals surface area contributed by atoms with Crippen LogP contribution in [0.5, 0.6) is 5.75 Å². The molecule has 0 amide bonds. The highest BCUT2D eigenvalue weighted by atomic mass is 31.1. The predicted octanol–water partition coefficient (Wildman–Crippen LogP) is 13.2. The Morgan fingerprint density at radius 1 is 0.562 bits per heavy atom. The van der Waals surface area contributed by atoms with Crippen LogP contribution in [-0.4, -0.2) is 13.7 Å². The number of aryl methyl sites for hydroxylation is 2. The highest BCUT2D eigenvalue weighted by Gasteiger charge is 2.29. The van der Waals surface area contributed by atoms with E-state index in [4.69, 9.17) is 17.7 Å². The zero-order chi connectivity index (χ0) is 36.2. The Hall–Kier alpha value is -2.68. The van der Waals surface area contributed by atoms with Crippen LogP contribution in [0.2, 0.25) is 0 Å². The Balaban J connectivity index is 1.93. The van der Waals surface area contributed by atoms with E-state index in [9.17, 15) is 0 Å². The maximum Gasteiger partial charge on any atom is 0.387 e. The van der Waals surface area contributed by atoms with Gasteiger partial charge in [0, 0.05) is 27.5 Å². The topological polar surface area (TPSA) is 44.7 Å². The molecule has 0 atom stereocenters. The van der Waals surface area contributed by atoms with Crippen molar-refractivity contribution in [1.29, 1.82) is 0 Å². The van der Waals surface area contributed by atoms with Gasteiger partial charge in [0.25, 0.3) is 0 Å². The van der Waals surface area contributed by atoms with Gasteiger partial charge in [-0.2, -0.15) is 0 Å². The fraction of sp³-hybridized carbons (Fsp3) is 0.581. The van der Waals surface area contributed by atoms with Gasteiger partial charge < -0.3 is 13.1 Å². The lowest BCUT2D eigenvalue weighted by molar-refractivity contribution is 0.363. The lowest BCUT2D eigenvalue weighted by atomic mass is 9.77. The first kappa shape index (κ1) is 38.1. The molecule has 1 heterocycles. The van der Waals surface area contributed by atoms with Crippen molar-refractivity contribution in [2.24, 2.45) is 0 Å². The van der Waals surface area contributed by atoms with Crippen molar-refractivity contribution in [2.75, 3.05) is 13.7 Å². The predicted molar refractivity (Wildman–Crippen MR) is 207 cm³/mol. The van der Waals surface area contributed by atoms with E-state index in [1.165, 1.54) is 38.9 Å². The van der Waals surface area contributed by atoms with Crippen molar-refractivity contribution in [3.63, 3.8) is 0 Å². The second-order valence-corrected chi connectivity index (χ2v) is 20.0. The quantitative estimate of drug-likeness (QED) is 0.191. The third-order valence-corrected chi connectivity index (χ3v) is 10.4. The molecule has 0 aliphatic heterocycles. The summed E-state index contributed by atoms with van der Waals surface area (Å²) < 4.78 is 26.2. The standard InChI is InChI=1S/C43H63O4P/c1-27-21-28(22-33(36(27)44-17)41(8,9)10)19-18-20-45-48-46-37-31(23-29(39(2,3)4)25-34(37)42(11,12)13)32-24-30(40(5,6)7)26-35(38(32)47-48)43(14,15)16/h21-26H,18-20H2,1-17H3. The van der Waals surface area contributed by atoms with Gasteiger partial charge in [-0.15, -0.1) is 0 Å². The number of ether oxygens (including phenoxy) is 1. The second-order valence-electron chi connectivity index (χ2n) is 18.9. The number of fused-ring (bicyclic) bond motifs is 3. The van der Waals surface area contributed by atoms with Crippen molar-refractivity contribution < 1.29 is 17.7 Å². The van der Waals surface area contributed by atoms with E-state index >= 15 is 0 Å². The molecule has 48 heavy (non-hydrogen) atoms. The van der Waals surface area contributed by atoms with Crippen molar-refractivity contribution in [2.45, 2.75) is 151 Å². The molecule has 0 radical (unpaired) electrons. The highest BCUT2D eigenvalue weighted by molar-refractivity contribution is 7.31. The molecule has 0 saturated heterocycles. The minimum absolute atomic E-state index is 0.0100. The van der Waals surface area contributed by atoms with Crippen molar-refractivity contribution >= 4 is 30.2 Å². The number of benzene rings is 3. The van der Waals surface area contributed by atoms with Crippen LogP contribution in [0.4, 0.5) is 0 Å². The second kappa shape index (κ2) is 13.2. The van der Waals surface area contributed by atoms with E-state index in [1.54, 1.807) is 7.11 Å². The third-order valence-electron chi connectivity index (χ3n) is 9.30. The summed E-state index contributed by atoms with van der Waals surface area (Å²) in [6.07, 6.45) is 1.75. The van der Waals surface area contributed by atoms with Crippen molar-refractivity contribution in [3.8, 4) is 5.75 Å². The van der Waals surface area contributed by atoms with Crippen LogP contribution in [0.25, 0.3) is 21.9 Å². The summed E-state index contributed by atoms with van der Waals surface area (Å²) in [4.78, 5) is 0. The maximum atomic E-state index is 6.93. The Bertz CT molecular complexity index is 1730. The normalized spacial score (nSPS) is 13.4. The molecule has 0 aliphatic carbocycles. The zero-order valence-corrected chi connectivity index (χ0v) is 34.1. The molecule has 0 fully saturated rings. The highest BCUT2D eigenvalue weighted by Crippen LogP contribution is 2.45.